The molecule has 0 radical (unpaired) electrons. The van der Waals surface area contributed by atoms with Crippen LogP contribution < -0.4 is 5.32 Å². The maximum absolute atomic E-state index is 10.9. The maximum atomic E-state index is 10.9. The number of hydrogen-bond acceptors (Lipinski definition) is 2. The van der Waals surface area contributed by atoms with Gasteiger partial charge in [-0.1, -0.05) is 0 Å². The first-order valence-electron chi connectivity index (χ1n) is 3.58. The molecule has 0 aliphatic carbocycles. The van der Waals surface area contributed by atoms with Crippen LogP contribution in [0.1, 0.15) is 20.8 Å². The Balaban J connectivity index is 3.92. The maximum Gasteiger partial charge on any atom is 0.220 e. The second-order valence-electron chi connectivity index (χ2n) is 2.27. The van der Waals surface area contributed by atoms with E-state index < -0.39 is 0 Å². The first-order chi connectivity index (χ1) is 4.63. The van der Waals surface area contributed by atoms with Gasteiger partial charge in [-0.3, -0.25) is 4.79 Å². The second-order valence-corrected chi connectivity index (χ2v) is 2.27. The van der Waals surface area contributed by atoms with E-state index in [1.807, 2.05) is 20.9 Å². The summed E-state index contributed by atoms with van der Waals surface area (Å²) in [7, 11) is 1.84. The molecular weight excluding hydrogens is 128 g/mol. The van der Waals surface area contributed by atoms with Crippen LogP contribution in [-0.4, -0.2) is 30.6 Å². The molecule has 1 amide bonds. The highest BCUT2D eigenvalue weighted by Crippen LogP contribution is 1.93. The fourth-order valence-corrected chi connectivity index (χ4v) is 0.925. The summed E-state index contributed by atoms with van der Waals surface area (Å²) >= 11 is 0. The molecule has 3 nitrogen and oxygen atoms in total. The van der Waals surface area contributed by atoms with Gasteiger partial charge in [0.15, 0.2) is 0 Å². The molecule has 0 bridgehead atoms. The molecule has 1 unspecified atom stereocenters. The molecule has 3 heteroatoms. The number of hydrogen-bond donors (Lipinski definition) is 1. The third-order valence-corrected chi connectivity index (χ3v) is 1.63. The fraction of sp³-hybridized carbons (Fsp3) is 0.857. The van der Waals surface area contributed by atoms with E-state index in [2.05, 4.69) is 5.32 Å². The van der Waals surface area contributed by atoms with E-state index in [0.717, 1.165) is 6.54 Å². The van der Waals surface area contributed by atoms with E-state index in [-0.39, 0.29) is 12.1 Å². The van der Waals surface area contributed by atoms with Crippen molar-refractivity contribution in [2.75, 3.05) is 13.6 Å². The molecule has 0 spiro atoms. The molecule has 1 N–H and O–H groups in total. The summed E-state index contributed by atoms with van der Waals surface area (Å²) in [5.41, 5.74) is 0. The van der Waals surface area contributed by atoms with Crippen LogP contribution in [0, 0.1) is 0 Å². The summed E-state index contributed by atoms with van der Waals surface area (Å²) in [5, 5.41) is 3.00. The molecule has 0 aliphatic rings. The van der Waals surface area contributed by atoms with Crippen LogP contribution in [0.5, 0.6) is 0 Å². The van der Waals surface area contributed by atoms with E-state index in [1.54, 1.807) is 11.8 Å². The number of amides is 1. The highest BCUT2D eigenvalue weighted by Gasteiger charge is 2.10. The normalized spacial score (nSPS) is 12.8. The molecular formula is C7H16N2O. The Hall–Kier alpha value is -0.570. The lowest BCUT2D eigenvalue weighted by atomic mass is 10.4. The fourth-order valence-electron chi connectivity index (χ4n) is 0.925. The number of carbonyl (C=O) groups is 1. The van der Waals surface area contributed by atoms with E-state index in [4.69, 9.17) is 0 Å². The quantitative estimate of drug-likeness (QED) is 0.582. The van der Waals surface area contributed by atoms with Crippen LogP contribution in [-0.2, 0) is 4.79 Å². The minimum atomic E-state index is 0.115. The lowest BCUT2D eigenvalue weighted by molar-refractivity contribution is -0.131. The number of rotatable bonds is 3. The summed E-state index contributed by atoms with van der Waals surface area (Å²) in [6.45, 7) is 6.27. The Kier molecular flexibility index (Phi) is 4.03. The molecule has 0 heterocycles. The summed E-state index contributed by atoms with van der Waals surface area (Å²) in [6, 6.07) is 0. The van der Waals surface area contributed by atoms with Crippen LogP contribution in [0.2, 0.25) is 0 Å². The highest BCUT2D eigenvalue weighted by molar-refractivity contribution is 5.73. The molecule has 0 rings (SSSR count). The van der Waals surface area contributed by atoms with Crippen molar-refractivity contribution >= 4 is 5.91 Å². The van der Waals surface area contributed by atoms with Crippen molar-refractivity contribution in [1.82, 2.24) is 10.2 Å². The first kappa shape index (κ1) is 9.43. The van der Waals surface area contributed by atoms with Crippen molar-refractivity contribution in [2.24, 2.45) is 0 Å². The van der Waals surface area contributed by atoms with Crippen LogP contribution in [0.3, 0.4) is 0 Å². The Morgan fingerprint density at radius 3 is 2.30 bits per heavy atom. The van der Waals surface area contributed by atoms with E-state index in [1.165, 1.54) is 0 Å². The zero-order chi connectivity index (χ0) is 8.15. The summed E-state index contributed by atoms with van der Waals surface area (Å²) in [4.78, 5) is 12.6. The molecule has 0 aromatic heterocycles. The average Bonchev–Trinajstić information content (AvgIpc) is 1.88. The van der Waals surface area contributed by atoms with Gasteiger partial charge in [0.05, 0.1) is 6.17 Å². The molecule has 60 valence electrons. The van der Waals surface area contributed by atoms with Crippen molar-refractivity contribution in [3.63, 3.8) is 0 Å². The lowest BCUT2D eigenvalue weighted by Gasteiger charge is -2.25. The van der Waals surface area contributed by atoms with E-state index >= 15 is 0 Å². The van der Waals surface area contributed by atoms with E-state index in [9.17, 15) is 4.79 Å². The topological polar surface area (TPSA) is 32.3 Å². The molecule has 1 atom stereocenters. The predicted molar refractivity (Wildman–Crippen MR) is 41.6 cm³/mol. The van der Waals surface area contributed by atoms with Crippen LogP contribution in [0.4, 0.5) is 0 Å². The van der Waals surface area contributed by atoms with Gasteiger partial charge in [-0.25, -0.2) is 0 Å². The molecule has 0 aromatic carbocycles. The third kappa shape index (κ3) is 2.35. The van der Waals surface area contributed by atoms with Gasteiger partial charge >= 0.3 is 0 Å². The number of carbonyl (C=O) groups excluding carboxylic acids is 1. The standard InChI is InChI=1S/C7H16N2O/c1-5-9(7(3)10)6(2)8-4/h6,8H,5H2,1-4H3. The van der Waals surface area contributed by atoms with Crippen LogP contribution in [0.25, 0.3) is 0 Å². The Bertz CT molecular complexity index is 114. The molecule has 0 aromatic rings. The lowest BCUT2D eigenvalue weighted by Crippen LogP contribution is -2.44. The highest BCUT2D eigenvalue weighted by atomic mass is 16.2. The largest absolute Gasteiger partial charge is 0.328 e. The molecule has 0 saturated heterocycles. The van der Waals surface area contributed by atoms with Gasteiger partial charge in [0.25, 0.3) is 0 Å². The SMILES string of the molecule is CCN(C(C)=O)C(C)NC. The van der Waals surface area contributed by atoms with Crippen molar-refractivity contribution < 1.29 is 4.79 Å². The van der Waals surface area contributed by atoms with E-state index in [0.29, 0.717) is 0 Å². The van der Waals surface area contributed by atoms with Crippen molar-refractivity contribution in [3.8, 4) is 0 Å². The van der Waals surface area contributed by atoms with Gasteiger partial charge in [0, 0.05) is 13.5 Å². The molecule has 0 saturated carbocycles. The minimum absolute atomic E-state index is 0.115. The van der Waals surface area contributed by atoms with Gasteiger partial charge in [-0.2, -0.15) is 0 Å². The first-order valence-corrected chi connectivity index (χ1v) is 3.58. The monoisotopic (exact) mass is 144 g/mol. The molecule has 0 fully saturated rings. The third-order valence-electron chi connectivity index (χ3n) is 1.63. The van der Waals surface area contributed by atoms with Crippen molar-refractivity contribution in [1.29, 1.82) is 0 Å². The Labute approximate surface area is 62.4 Å². The smallest absolute Gasteiger partial charge is 0.220 e. The van der Waals surface area contributed by atoms with Gasteiger partial charge in [-0.15, -0.1) is 0 Å². The summed E-state index contributed by atoms with van der Waals surface area (Å²) in [5.74, 6) is 0.115. The van der Waals surface area contributed by atoms with Gasteiger partial charge in [0.2, 0.25) is 5.91 Å². The summed E-state index contributed by atoms with van der Waals surface area (Å²) < 4.78 is 0. The van der Waals surface area contributed by atoms with Crippen molar-refractivity contribution in [2.45, 2.75) is 26.9 Å². The van der Waals surface area contributed by atoms with Gasteiger partial charge in [0.1, 0.15) is 0 Å². The summed E-state index contributed by atoms with van der Waals surface area (Å²) in [6.07, 6.45) is 0.141. The van der Waals surface area contributed by atoms with Crippen LogP contribution >= 0.6 is 0 Å². The number of nitrogens with zero attached hydrogens (tertiary/aromatic N) is 1. The van der Waals surface area contributed by atoms with Crippen LogP contribution in [0.15, 0.2) is 0 Å². The predicted octanol–water partition coefficient (Wildman–Crippen LogP) is 0.420. The van der Waals surface area contributed by atoms with Gasteiger partial charge in [-0.05, 0) is 20.9 Å². The second kappa shape index (κ2) is 4.28. The minimum Gasteiger partial charge on any atom is -0.328 e. The Morgan fingerprint density at radius 2 is 2.20 bits per heavy atom. The van der Waals surface area contributed by atoms with Gasteiger partial charge < -0.3 is 10.2 Å². The van der Waals surface area contributed by atoms with Crippen molar-refractivity contribution in [3.05, 3.63) is 0 Å². The molecule has 0 aliphatic heterocycles. The molecule has 10 heavy (non-hydrogen) atoms. The zero-order valence-corrected chi connectivity index (χ0v) is 7.14. The Morgan fingerprint density at radius 1 is 1.70 bits per heavy atom. The average molecular weight is 144 g/mol. The number of nitrogens with one attached hydrogen (secondary N) is 1. The zero-order valence-electron chi connectivity index (χ0n) is 7.14.